The maximum Gasteiger partial charge on any atom is 0.343 e. The van der Waals surface area contributed by atoms with Gasteiger partial charge in [-0.1, -0.05) is 0 Å². The standard InChI is InChI=1S/C15H13N7O4/c1-25-7-11-18-15-16-5-8-10(22(15)20-11)3-4-21(13(8)23)12-9(6-17-19-12)14(24)26-2/h3-6H,7H2,1-2H3,(H,17,19). The lowest BCUT2D eigenvalue weighted by Crippen LogP contribution is -2.21. The fourth-order valence-corrected chi connectivity index (χ4v) is 2.65. The van der Waals surface area contributed by atoms with Gasteiger partial charge in [-0.05, 0) is 6.07 Å². The van der Waals surface area contributed by atoms with Gasteiger partial charge in [0.25, 0.3) is 11.3 Å². The van der Waals surface area contributed by atoms with Crippen molar-refractivity contribution in [3.05, 3.63) is 46.4 Å². The summed E-state index contributed by atoms with van der Waals surface area (Å²) in [4.78, 5) is 33.1. The van der Waals surface area contributed by atoms with Gasteiger partial charge in [-0.15, -0.1) is 5.10 Å². The van der Waals surface area contributed by atoms with Crippen molar-refractivity contribution in [3.63, 3.8) is 0 Å². The molecular weight excluding hydrogens is 342 g/mol. The average molecular weight is 355 g/mol. The number of carbonyl (C=O) groups is 1. The monoisotopic (exact) mass is 355 g/mol. The average Bonchev–Trinajstić information content (AvgIpc) is 3.28. The Morgan fingerprint density at radius 3 is 2.92 bits per heavy atom. The van der Waals surface area contributed by atoms with E-state index in [4.69, 9.17) is 9.47 Å². The van der Waals surface area contributed by atoms with Crippen molar-refractivity contribution in [2.45, 2.75) is 6.61 Å². The Balaban J connectivity index is 1.93. The maximum atomic E-state index is 12.9. The van der Waals surface area contributed by atoms with Gasteiger partial charge in [0.2, 0.25) is 0 Å². The van der Waals surface area contributed by atoms with E-state index in [0.29, 0.717) is 22.5 Å². The van der Waals surface area contributed by atoms with Gasteiger partial charge in [-0.3, -0.25) is 14.5 Å². The third kappa shape index (κ3) is 2.33. The molecule has 1 N–H and O–H groups in total. The van der Waals surface area contributed by atoms with E-state index in [1.165, 1.54) is 34.8 Å². The summed E-state index contributed by atoms with van der Waals surface area (Å²) in [5.41, 5.74) is 0.284. The molecule has 0 aromatic carbocycles. The van der Waals surface area contributed by atoms with Crippen LogP contribution in [0.4, 0.5) is 0 Å². The van der Waals surface area contributed by atoms with E-state index < -0.39 is 11.5 Å². The van der Waals surface area contributed by atoms with Crippen molar-refractivity contribution in [3.8, 4) is 5.82 Å². The highest BCUT2D eigenvalue weighted by Crippen LogP contribution is 2.15. The first kappa shape index (κ1) is 15.9. The zero-order valence-electron chi connectivity index (χ0n) is 13.8. The van der Waals surface area contributed by atoms with Crippen molar-refractivity contribution < 1.29 is 14.3 Å². The lowest BCUT2D eigenvalue weighted by atomic mass is 10.3. The van der Waals surface area contributed by atoms with Crippen LogP contribution < -0.4 is 5.56 Å². The largest absolute Gasteiger partial charge is 0.465 e. The summed E-state index contributed by atoms with van der Waals surface area (Å²) >= 11 is 0. The number of H-pyrrole nitrogens is 1. The second-order valence-electron chi connectivity index (χ2n) is 5.34. The second kappa shape index (κ2) is 6.04. The Bertz CT molecular complexity index is 1190. The van der Waals surface area contributed by atoms with Crippen LogP contribution in [0.2, 0.25) is 0 Å². The minimum atomic E-state index is -0.602. The molecule has 4 rings (SSSR count). The molecule has 4 aromatic rings. The minimum Gasteiger partial charge on any atom is -0.465 e. The number of esters is 1. The molecule has 0 radical (unpaired) electrons. The molecule has 4 heterocycles. The van der Waals surface area contributed by atoms with Crippen molar-refractivity contribution in [2.24, 2.45) is 0 Å². The Kier molecular flexibility index (Phi) is 3.69. The van der Waals surface area contributed by atoms with Crippen LogP contribution in [0.15, 0.2) is 29.5 Å². The number of aromatic nitrogens is 7. The normalized spacial score (nSPS) is 11.3. The number of ether oxygens (including phenoxy) is 2. The minimum absolute atomic E-state index is 0.145. The maximum absolute atomic E-state index is 12.9. The summed E-state index contributed by atoms with van der Waals surface area (Å²) in [7, 11) is 2.80. The van der Waals surface area contributed by atoms with Crippen LogP contribution >= 0.6 is 0 Å². The van der Waals surface area contributed by atoms with Gasteiger partial charge in [0, 0.05) is 19.5 Å². The highest BCUT2D eigenvalue weighted by molar-refractivity contribution is 5.92. The topological polar surface area (TPSA) is 129 Å². The Hall–Kier alpha value is -3.60. The molecule has 11 heteroatoms. The predicted octanol–water partition coefficient (Wildman–Crippen LogP) is 0.0845. The molecule has 0 spiro atoms. The van der Waals surface area contributed by atoms with Crippen LogP contribution in [-0.4, -0.2) is 54.5 Å². The smallest absolute Gasteiger partial charge is 0.343 e. The van der Waals surface area contributed by atoms with Crippen molar-refractivity contribution in [1.82, 2.24) is 34.3 Å². The van der Waals surface area contributed by atoms with Gasteiger partial charge >= 0.3 is 5.97 Å². The number of nitrogens with zero attached hydrogens (tertiary/aromatic N) is 6. The summed E-state index contributed by atoms with van der Waals surface area (Å²) in [6.45, 7) is 0.235. The zero-order valence-corrected chi connectivity index (χ0v) is 13.8. The van der Waals surface area contributed by atoms with Gasteiger partial charge in [0.05, 0.1) is 24.2 Å². The molecule has 0 fully saturated rings. The second-order valence-corrected chi connectivity index (χ2v) is 5.34. The van der Waals surface area contributed by atoms with Crippen molar-refractivity contribution >= 4 is 22.6 Å². The number of carbonyl (C=O) groups excluding carboxylic acids is 1. The molecular formula is C15H13N7O4. The van der Waals surface area contributed by atoms with Crippen LogP contribution in [0.5, 0.6) is 0 Å². The van der Waals surface area contributed by atoms with E-state index in [1.54, 1.807) is 13.2 Å². The van der Waals surface area contributed by atoms with Gasteiger partial charge in [-0.25, -0.2) is 9.78 Å². The molecule has 0 bridgehead atoms. The van der Waals surface area contributed by atoms with E-state index in [0.717, 1.165) is 0 Å². The summed E-state index contributed by atoms with van der Waals surface area (Å²) in [6.07, 6.45) is 4.23. The van der Waals surface area contributed by atoms with E-state index in [1.807, 2.05) is 0 Å². The number of pyridine rings is 1. The van der Waals surface area contributed by atoms with Crippen LogP contribution in [0.3, 0.4) is 0 Å². The van der Waals surface area contributed by atoms with Gasteiger partial charge in [0.1, 0.15) is 18.0 Å². The summed E-state index contributed by atoms with van der Waals surface area (Å²) in [5.74, 6) is 0.425. The third-order valence-electron chi connectivity index (χ3n) is 3.82. The number of methoxy groups -OCH3 is 2. The quantitative estimate of drug-likeness (QED) is 0.510. The van der Waals surface area contributed by atoms with Crippen LogP contribution in [0, 0.1) is 0 Å². The summed E-state index contributed by atoms with van der Waals surface area (Å²) in [5, 5.41) is 11.1. The van der Waals surface area contributed by atoms with E-state index >= 15 is 0 Å². The van der Waals surface area contributed by atoms with Gasteiger partial charge in [0.15, 0.2) is 5.82 Å². The number of aromatic amines is 1. The highest BCUT2D eigenvalue weighted by atomic mass is 16.5. The zero-order chi connectivity index (χ0) is 18.3. The van der Waals surface area contributed by atoms with Crippen LogP contribution in [0.1, 0.15) is 16.2 Å². The number of fused-ring (bicyclic) bond motifs is 3. The molecule has 0 unspecified atom stereocenters. The summed E-state index contributed by atoms with van der Waals surface area (Å²) < 4.78 is 12.5. The Morgan fingerprint density at radius 1 is 1.31 bits per heavy atom. The molecule has 0 aliphatic rings. The van der Waals surface area contributed by atoms with Crippen molar-refractivity contribution in [2.75, 3.05) is 14.2 Å². The SMILES string of the molecule is COCc1nc2ncc3c(=O)n(-c4[nH]ncc4C(=O)OC)ccc3n2n1. The van der Waals surface area contributed by atoms with E-state index in [-0.39, 0.29) is 18.0 Å². The first-order valence-electron chi connectivity index (χ1n) is 7.51. The predicted molar refractivity (Wildman–Crippen MR) is 88.1 cm³/mol. The molecule has 0 aliphatic carbocycles. The van der Waals surface area contributed by atoms with Crippen LogP contribution in [-0.2, 0) is 16.1 Å². The summed E-state index contributed by atoms with van der Waals surface area (Å²) in [6, 6.07) is 1.68. The lowest BCUT2D eigenvalue weighted by Gasteiger charge is -2.07. The Labute approximate surface area is 145 Å². The molecule has 4 aromatic heterocycles. The van der Waals surface area contributed by atoms with E-state index in [9.17, 15) is 9.59 Å². The van der Waals surface area contributed by atoms with Gasteiger partial charge < -0.3 is 9.47 Å². The molecule has 132 valence electrons. The molecule has 0 amide bonds. The molecule has 0 saturated heterocycles. The first-order valence-corrected chi connectivity index (χ1v) is 7.51. The third-order valence-corrected chi connectivity index (χ3v) is 3.82. The number of rotatable bonds is 4. The number of hydrogen-bond donors (Lipinski definition) is 1. The molecule has 0 atom stereocenters. The first-order chi connectivity index (χ1) is 12.6. The Morgan fingerprint density at radius 2 is 2.15 bits per heavy atom. The lowest BCUT2D eigenvalue weighted by molar-refractivity contribution is 0.0601. The van der Waals surface area contributed by atoms with Crippen molar-refractivity contribution in [1.29, 1.82) is 0 Å². The van der Waals surface area contributed by atoms with E-state index in [2.05, 4.69) is 25.3 Å². The molecule has 26 heavy (non-hydrogen) atoms. The molecule has 0 aliphatic heterocycles. The fraction of sp³-hybridized carbons (Fsp3) is 0.200. The highest BCUT2D eigenvalue weighted by Gasteiger charge is 2.18. The molecule has 0 saturated carbocycles. The number of nitrogens with one attached hydrogen (secondary N) is 1. The number of hydrogen-bond acceptors (Lipinski definition) is 8. The molecule has 11 nitrogen and oxygen atoms in total. The van der Waals surface area contributed by atoms with Crippen LogP contribution in [0.25, 0.3) is 22.5 Å². The fourth-order valence-electron chi connectivity index (χ4n) is 2.65. The van der Waals surface area contributed by atoms with Gasteiger partial charge in [-0.2, -0.15) is 14.6 Å².